The second kappa shape index (κ2) is 52.4. The van der Waals surface area contributed by atoms with E-state index in [2.05, 4.69) is 19.2 Å². The van der Waals surface area contributed by atoms with Crippen LogP contribution < -0.4 is 5.32 Å². The molecule has 414 valence electrons. The second-order valence-corrected chi connectivity index (χ2v) is 24.3. The Bertz CT molecular complexity index is 1090. The van der Waals surface area contributed by atoms with E-state index in [9.17, 15) is 19.4 Å². The lowest BCUT2D eigenvalue weighted by Gasteiger charge is -2.26. The predicted molar refractivity (Wildman–Crippen MR) is 300 cm³/mol. The van der Waals surface area contributed by atoms with Gasteiger partial charge in [0, 0.05) is 6.42 Å². The molecule has 0 fully saturated rings. The third-order valence-corrected chi connectivity index (χ3v) is 15.6. The molecule has 0 saturated carbocycles. The summed E-state index contributed by atoms with van der Waals surface area (Å²) in [5, 5.41) is 14.1. The zero-order valence-corrected chi connectivity index (χ0v) is 48.2. The standard InChI is InChI=1S/C60H123N2O6P/c1-6-8-10-12-14-16-18-20-22-24-25-26-27-28-29-30-31-32-33-34-35-36-38-40-42-44-46-48-50-52-54-60(64)61-58(57-68-69(65,66)67-56-55-62(3,4)5)59(63)53-51-49-47-45-43-41-39-37-23-21-19-17-15-13-11-9-7-2/h58-59,63H,6-57H2,1-5H3,(H-,61,64,65,66)/p+1/t58-,59+/m0/s1. The molecule has 0 saturated heterocycles. The minimum Gasteiger partial charge on any atom is -0.391 e. The monoisotopic (exact) mass is 1000 g/mol. The molecular weight excluding hydrogens is 876 g/mol. The zero-order valence-electron chi connectivity index (χ0n) is 47.3. The van der Waals surface area contributed by atoms with E-state index in [4.69, 9.17) is 9.05 Å². The summed E-state index contributed by atoms with van der Waals surface area (Å²) >= 11 is 0. The number of nitrogens with zero attached hydrogens (tertiary/aromatic N) is 1. The number of nitrogens with one attached hydrogen (secondary N) is 1. The molecule has 9 heteroatoms. The van der Waals surface area contributed by atoms with Crippen LogP contribution in [0.3, 0.4) is 0 Å². The van der Waals surface area contributed by atoms with Crippen molar-refractivity contribution >= 4 is 13.7 Å². The molecule has 0 heterocycles. The summed E-state index contributed by atoms with van der Waals surface area (Å²) in [4.78, 5) is 23.4. The number of amides is 1. The maximum absolute atomic E-state index is 13.0. The van der Waals surface area contributed by atoms with Gasteiger partial charge < -0.3 is 19.8 Å². The van der Waals surface area contributed by atoms with Gasteiger partial charge in [-0.3, -0.25) is 13.8 Å². The smallest absolute Gasteiger partial charge is 0.391 e. The molecular formula is C60H124N2O6P+. The van der Waals surface area contributed by atoms with E-state index in [1.807, 2.05) is 21.1 Å². The number of phosphoric acid groups is 1. The Morgan fingerprint density at radius 2 is 0.696 bits per heavy atom. The van der Waals surface area contributed by atoms with Gasteiger partial charge in [-0.2, -0.15) is 0 Å². The van der Waals surface area contributed by atoms with Crippen molar-refractivity contribution in [3.8, 4) is 0 Å². The Morgan fingerprint density at radius 3 is 0.971 bits per heavy atom. The highest BCUT2D eigenvalue weighted by Crippen LogP contribution is 2.43. The first-order chi connectivity index (χ1) is 33.5. The number of phosphoric ester groups is 1. The summed E-state index contributed by atoms with van der Waals surface area (Å²) in [6.07, 6.45) is 63.2. The first-order valence-corrected chi connectivity index (χ1v) is 32.4. The van der Waals surface area contributed by atoms with Crippen LogP contribution >= 0.6 is 7.82 Å². The number of hydrogen-bond donors (Lipinski definition) is 3. The Hall–Kier alpha value is -0.500. The Kier molecular flexibility index (Phi) is 52.0. The number of aliphatic hydroxyl groups excluding tert-OH is 1. The van der Waals surface area contributed by atoms with Gasteiger partial charge >= 0.3 is 7.82 Å². The van der Waals surface area contributed by atoms with E-state index in [0.29, 0.717) is 23.9 Å². The van der Waals surface area contributed by atoms with Crippen LogP contribution in [0.1, 0.15) is 328 Å². The van der Waals surface area contributed by atoms with Crippen molar-refractivity contribution in [1.82, 2.24) is 5.32 Å². The molecule has 8 nitrogen and oxygen atoms in total. The van der Waals surface area contributed by atoms with Crippen LogP contribution in [-0.4, -0.2) is 73.4 Å². The van der Waals surface area contributed by atoms with Crippen LogP contribution in [0.15, 0.2) is 0 Å². The molecule has 0 aromatic heterocycles. The summed E-state index contributed by atoms with van der Waals surface area (Å²) in [7, 11) is 1.64. The lowest BCUT2D eigenvalue weighted by molar-refractivity contribution is -0.870. The summed E-state index contributed by atoms with van der Waals surface area (Å²) < 4.78 is 23.8. The molecule has 0 rings (SSSR count). The maximum atomic E-state index is 13.0. The number of aliphatic hydroxyl groups is 1. The van der Waals surface area contributed by atoms with Crippen LogP contribution in [-0.2, 0) is 18.4 Å². The lowest BCUT2D eigenvalue weighted by Crippen LogP contribution is -2.46. The minimum absolute atomic E-state index is 0.0792. The van der Waals surface area contributed by atoms with E-state index in [-0.39, 0.29) is 19.1 Å². The minimum atomic E-state index is -4.32. The first kappa shape index (κ1) is 68.5. The predicted octanol–water partition coefficient (Wildman–Crippen LogP) is 18.8. The van der Waals surface area contributed by atoms with Crippen molar-refractivity contribution in [1.29, 1.82) is 0 Å². The molecule has 0 radical (unpaired) electrons. The molecule has 69 heavy (non-hydrogen) atoms. The van der Waals surface area contributed by atoms with Gasteiger partial charge in [-0.05, 0) is 12.8 Å². The van der Waals surface area contributed by atoms with Crippen molar-refractivity contribution in [2.24, 2.45) is 0 Å². The van der Waals surface area contributed by atoms with Gasteiger partial charge in [-0.1, -0.05) is 309 Å². The number of quaternary nitrogens is 1. The van der Waals surface area contributed by atoms with E-state index in [0.717, 1.165) is 38.5 Å². The van der Waals surface area contributed by atoms with Crippen molar-refractivity contribution in [2.75, 3.05) is 40.9 Å². The first-order valence-electron chi connectivity index (χ1n) is 30.9. The van der Waals surface area contributed by atoms with Crippen LogP contribution in [0.4, 0.5) is 0 Å². The van der Waals surface area contributed by atoms with E-state index < -0.39 is 20.0 Å². The molecule has 0 aliphatic heterocycles. The molecule has 0 aliphatic carbocycles. The highest BCUT2D eigenvalue weighted by molar-refractivity contribution is 7.47. The highest BCUT2D eigenvalue weighted by Gasteiger charge is 2.28. The van der Waals surface area contributed by atoms with Crippen molar-refractivity contribution in [2.45, 2.75) is 341 Å². The molecule has 3 N–H and O–H groups in total. The van der Waals surface area contributed by atoms with Crippen LogP contribution in [0, 0.1) is 0 Å². The fraction of sp³-hybridized carbons (Fsp3) is 0.983. The van der Waals surface area contributed by atoms with E-state index in [1.54, 1.807) is 0 Å². The molecule has 1 amide bonds. The molecule has 0 bridgehead atoms. The van der Waals surface area contributed by atoms with Gasteiger partial charge in [0.15, 0.2) is 0 Å². The second-order valence-electron chi connectivity index (χ2n) is 22.8. The molecule has 0 aliphatic rings. The van der Waals surface area contributed by atoms with Gasteiger partial charge in [-0.25, -0.2) is 4.57 Å². The van der Waals surface area contributed by atoms with Crippen LogP contribution in [0.2, 0.25) is 0 Å². The fourth-order valence-electron chi connectivity index (χ4n) is 9.76. The van der Waals surface area contributed by atoms with Crippen LogP contribution in [0.5, 0.6) is 0 Å². The summed E-state index contributed by atoms with van der Waals surface area (Å²) in [5.74, 6) is -0.135. The van der Waals surface area contributed by atoms with Gasteiger partial charge in [0.25, 0.3) is 0 Å². The highest BCUT2D eigenvalue weighted by atomic mass is 31.2. The van der Waals surface area contributed by atoms with Crippen molar-refractivity contribution < 1.29 is 32.9 Å². The lowest BCUT2D eigenvalue weighted by atomic mass is 10.0. The Labute approximate surface area is 431 Å². The summed E-state index contributed by atoms with van der Waals surface area (Å²) in [6, 6.07) is -0.755. The number of carbonyl (C=O) groups is 1. The van der Waals surface area contributed by atoms with E-state index >= 15 is 0 Å². The van der Waals surface area contributed by atoms with E-state index in [1.165, 1.54) is 263 Å². The normalized spacial score (nSPS) is 13.8. The average molecular weight is 1000 g/mol. The van der Waals surface area contributed by atoms with Gasteiger partial charge in [0.2, 0.25) is 5.91 Å². The van der Waals surface area contributed by atoms with Gasteiger partial charge in [0.05, 0.1) is 39.9 Å². The third-order valence-electron chi connectivity index (χ3n) is 14.6. The zero-order chi connectivity index (χ0) is 50.6. The molecule has 3 atom stereocenters. The quantitative estimate of drug-likeness (QED) is 0.0318. The third kappa shape index (κ3) is 55.1. The number of rotatable bonds is 58. The molecule has 0 aromatic rings. The molecule has 1 unspecified atom stereocenters. The Morgan fingerprint density at radius 1 is 0.435 bits per heavy atom. The summed E-state index contributed by atoms with van der Waals surface area (Å²) in [5.41, 5.74) is 0. The number of unbranched alkanes of at least 4 members (excludes halogenated alkanes) is 45. The largest absolute Gasteiger partial charge is 0.472 e. The summed E-state index contributed by atoms with van der Waals surface area (Å²) in [6.45, 7) is 4.95. The van der Waals surface area contributed by atoms with Gasteiger partial charge in [0.1, 0.15) is 13.2 Å². The molecule has 0 spiro atoms. The van der Waals surface area contributed by atoms with Crippen molar-refractivity contribution in [3.05, 3.63) is 0 Å². The SMILES string of the molecule is CCCCCCCCCCCCCCCCCCCCCCCCCCCCCCCCC(=O)N[C@@H](COP(=O)(O)OCC[N+](C)(C)C)[C@H](O)CCCCCCCCCCCCCCCCCCC. The number of carbonyl (C=O) groups excluding carboxylic acids is 1. The molecule has 0 aromatic carbocycles. The van der Waals surface area contributed by atoms with Gasteiger partial charge in [-0.15, -0.1) is 0 Å². The van der Waals surface area contributed by atoms with Crippen molar-refractivity contribution in [3.63, 3.8) is 0 Å². The average Bonchev–Trinajstić information content (AvgIpc) is 3.31. The fourth-order valence-corrected chi connectivity index (χ4v) is 10.5. The number of hydrogen-bond acceptors (Lipinski definition) is 5. The number of likely N-dealkylation sites (N-methyl/N-ethyl adjacent to an activating group) is 1. The van der Waals surface area contributed by atoms with Crippen LogP contribution in [0.25, 0.3) is 0 Å². The topological polar surface area (TPSA) is 105 Å². The Balaban J connectivity index is 4.00. The maximum Gasteiger partial charge on any atom is 0.472 e.